The van der Waals surface area contributed by atoms with Crippen LogP contribution in [0.5, 0.6) is 0 Å². The van der Waals surface area contributed by atoms with E-state index in [1.54, 1.807) is 24.3 Å². The number of likely N-dealkylation sites (tertiary alicyclic amines) is 1. The molecule has 0 spiro atoms. The van der Waals surface area contributed by atoms with Crippen molar-refractivity contribution in [3.05, 3.63) is 77.0 Å². The molecule has 0 N–H and O–H groups in total. The van der Waals surface area contributed by atoms with Gasteiger partial charge >= 0.3 is 0 Å². The van der Waals surface area contributed by atoms with Crippen LogP contribution >= 0.6 is 0 Å². The largest absolute Gasteiger partial charge is 0.366 e. The fourth-order valence-corrected chi connectivity index (χ4v) is 4.06. The first-order chi connectivity index (χ1) is 14.4. The third-order valence-electron chi connectivity index (χ3n) is 5.91. The normalized spacial score (nSPS) is 18.0. The number of carbonyl (C=O) groups excluding carboxylic acids is 2. The molecule has 0 aliphatic carbocycles. The van der Waals surface area contributed by atoms with Gasteiger partial charge in [-0.05, 0) is 60.6 Å². The molecule has 2 amide bonds. The van der Waals surface area contributed by atoms with Crippen LogP contribution < -0.4 is 0 Å². The van der Waals surface area contributed by atoms with Crippen LogP contribution in [0.1, 0.15) is 30.9 Å². The molecule has 2 aliphatic heterocycles. The summed E-state index contributed by atoms with van der Waals surface area (Å²) in [4.78, 5) is 29.8. The summed E-state index contributed by atoms with van der Waals surface area (Å²) < 4.78 is 26.6. The molecule has 4 nitrogen and oxygen atoms in total. The minimum absolute atomic E-state index is 0.210. The van der Waals surface area contributed by atoms with Crippen molar-refractivity contribution >= 4 is 17.4 Å². The lowest BCUT2D eigenvalue weighted by molar-refractivity contribution is -0.137. The second kappa shape index (κ2) is 8.38. The molecule has 0 aromatic heterocycles. The predicted molar refractivity (Wildman–Crippen MR) is 110 cm³/mol. The smallest absolute Gasteiger partial charge is 0.277 e. The molecule has 6 heteroatoms. The molecule has 2 aromatic carbocycles. The van der Waals surface area contributed by atoms with E-state index in [1.165, 1.54) is 29.2 Å². The van der Waals surface area contributed by atoms with E-state index in [4.69, 9.17) is 0 Å². The van der Waals surface area contributed by atoms with Gasteiger partial charge in [0, 0.05) is 19.6 Å². The Kier molecular flexibility index (Phi) is 5.66. The number of amides is 2. The van der Waals surface area contributed by atoms with Gasteiger partial charge in [-0.15, -0.1) is 0 Å². The van der Waals surface area contributed by atoms with Gasteiger partial charge in [0.15, 0.2) is 0 Å². The number of benzene rings is 2. The third-order valence-corrected chi connectivity index (χ3v) is 5.91. The first kappa shape index (κ1) is 20.3. The maximum absolute atomic E-state index is 13.4. The molecule has 4 rings (SSSR count). The average Bonchev–Trinajstić information content (AvgIpc) is 2.99. The standard InChI is InChI=1S/C24H24F2N2O2/c1-16-10-13-27(14-11-16)22-21(18-4-8-20(26)9-5-18)23(29)28(24(22)30)15-12-17-2-6-19(25)7-3-17/h2-9,16H,10-15H2,1H3. The number of nitrogens with zero attached hydrogens (tertiary/aromatic N) is 2. The topological polar surface area (TPSA) is 40.6 Å². The highest BCUT2D eigenvalue weighted by atomic mass is 19.1. The Morgan fingerprint density at radius 2 is 1.43 bits per heavy atom. The zero-order chi connectivity index (χ0) is 21.3. The van der Waals surface area contributed by atoms with Gasteiger partial charge in [-0.3, -0.25) is 14.5 Å². The van der Waals surface area contributed by atoms with Crippen molar-refractivity contribution in [2.24, 2.45) is 5.92 Å². The molecular weight excluding hydrogens is 386 g/mol. The molecule has 1 fully saturated rings. The molecule has 0 saturated carbocycles. The SMILES string of the molecule is CC1CCN(C2=C(c3ccc(F)cc3)C(=O)N(CCc3ccc(F)cc3)C2=O)CC1. The lowest BCUT2D eigenvalue weighted by Gasteiger charge is -2.32. The van der Waals surface area contributed by atoms with Gasteiger partial charge < -0.3 is 4.90 Å². The summed E-state index contributed by atoms with van der Waals surface area (Å²) in [5.74, 6) is -0.803. The van der Waals surface area contributed by atoms with Gasteiger partial charge in [0.25, 0.3) is 11.8 Å². The summed E-state index contributed by atoms with van der Waals surface area (Å²) in [6.45, 7) is 3.82. The molecule has 0 atom stereocenters. The minimum Gasteiger partial charge on any atom is -0.366 e. The first-order valence-corrected chi connectivity index (χ1v) is 10.3. The molecule has 0 unspecified atom stereocenters. The van der Waals surface area contributed by atoms with Crippen LogP contribution in [0, 0.1) is 17.6 Å². The molecular formula is C24H24F2N2O2. The van der Waals surface area contributed by atoms with Crippen molar-refractivity contribution in [3.63, 3.8) is 0 Å². The monoisotopic (exact) mass is 410 g/mol. The van der Waals surface area contributed by atoms with Gasteiger partial charge in [-0.1, -0.05) is 31.2 Å². The molecule has 2 heterocycles. The summed E-state index contributed by atoms with van der Waals surface area (Å²) in [7, 11) is 0. The molecule has 2 aliphatic rings. The van der Waals surface area contributed by atoms with E-state index in [-0.39, 0.29) is 24.2 Å². The van der Waals surface area contributed by atoms with E-state index < -0.39 is 5.82 Å². The quantitative estimate of drug-likeness (QED) is 0.699. The van der Waals surface area contributed by atoms with Crippen molar-refractivity contribution in [3.8, 4) is 0 Å². The van der Waals surface area contributed by atoms with E-state index in [9.17, 15) is 18.4 Å². The van der Waals surface area contributed by atoms with Crippen molar-refractivity contribution in [1.82, 2.24) is 9.80 Å². The number of piperidine rings is 1. The lowest BCUT2D eigenvalue weighted by Crippen LogP contribution is -2.39. The Hall–Kier alpha value is -3.02. The number of hydrogen-bond acceptors (Lipinski definition) is 3. The molecule has 2 aromatic rings. The number of carbonyl (C=O) groups is 2. The Balaban J connectivity index is 1.63. The van der Waals surface area contributed by atoms with Crippen LogP contribution in [0.3, 0.4) is 0 Å². The number of hydrogen-bond donors (Lipinski definition) is 0. The Bertz CT molecular complexity index is 975. The van der Waals surface area contributed by atoms with Gasteiger partial charge in [0.2, 0.25) is 0 Å². The number of halogens is 2. The van der Waals surface area contributed by atoms with Crippen molar-refractivity contribution in [1.29, 1.82) is 0 Å². The van der Waals surface area contributed by atoms with Crippen LogP contribution in [0.15, 0.2) is 54.2 Å². The maximum Gasteiger partial charge on any atom is 0.277 e. The number of imide groups is 1. The molecule has 0 radical (unpaired) electrons. The minimum atomic E-state index is -0.391. The zero-order valence-electron chi connectivity index (χ0n) is 16.9. The van der Waals surface area contributed by atoms with Gasteiger partial charge in [-0.25, -0.2) is 8.78 Å². The van der Waals surface area contributed by atoms with Crippen LogP contribution in [0.2, 0.25) is 0 Å². The van der Waals surface area contributed by atoms with E-state index >= 15 is 0 Å². The van der Waals surface area contributed by atoms with E-state index in [0.29, 0.717) is 42.3 Å². The highest BCUT2D eigenvalue weighted by Gasteiger charge is 2.41. The van der Waals surface area contributed by atoms with Crippen molar-refractivity contribution in [2.45, 2.75) is 26.2 Å². The van der Waals surface area contributed by atoms with Gasteiger partial charge in [0.1, 0.15) is 17.3 Å². The highest BCUT2D eigenvalue weighted by Crippen LogP contribution is 2.34. The zero-order valence-corrected chi connectivity index (χ0v) is 16.9. The van der Waals surface area contributed by atoms with Crippen LogP contribution in [0.25, 0.3) is 5.57 Å². The van der Waals surface area contributed by atoms with E-state index in [2.05, 4.69) is 6.92 Å². The molecule has 0 bridgehead atoms. The number of rotatable bonds is 5. The van der Waals surface area contributed by atoms with Gasteiger partial charge in [0.05, 0.1) is 5.57 Å². The fourth-order valence-electron chi connectivity index (χ4n) is 4.06. The van der Waals surface area contributed by atoms with E-state index in [1.807, 2.05) is 4.90 Å². The van der Waals surface area contributed by atoms with Crippen LogP contribution in [0.4, 0.5) is 8.78 Å². The Morgan fingerprint density at radius 1 is 0.867 bits per heavy atom. The molecule has 156 valence electrons. The summed E-state index contributed by atoms with van der Waals surface area (Å²) in [5, 5.41) is 0. The second-order valence-corrected chi connectivity index (χ2v) is 8.04. The van der Waals surface area contributed by atoms with Gasteiger partial charge in [-0.2, -0.15) is 0 Å². The maximum atomic E-state index is 13.4. The van der Waals surface area contributed by atoms with Crippen LogP contribution in [-0.4, -0.2) is 41.2 Å². The summed E-state index contributed by atoms with van der Waals surface area (Å²) in [6, 6.07) is 11.7. The Labute approximate surface area is 174 Å². The van der Waals surface area contributed by atoms with Crippen molar-refractivity contribution in [2.75, 3.05) is 19.6 Å². The summed E-state index contributed by atoms with van der Waals surface area (Å²) in [5.41, 5.74) is 2.15. The summed E-state index contributed by atoms with van der Waals surface area (Å²) in [6.07, 6.45) is 2.35. The average molecular weight is 410 g/mol. The lowest BCUT2D eigenvalue weighted by atomic mass is 9.97. The second-order valence-electron chi connectivity index (χ2n) is 8.04. The summed E-state index contributed by atoms with van der Waals surface area (Å²) >= 11 is 0. The molecule has 30 heavy (non-hydrogen) atoms. The third kappa shape index (κ3) is 3.99. The Morgan fingerprint density at radius 3 is 2.03 bits per heavy atom. The predicted octanol–water partition coefficient (Wildman–Crippen LogP) is 4.02. The first-order valence-electron chi connectivity index (χ1n) is 10.3. The highest BCUT2D eigenvalue weighted by molar-refractivity contribution is 6.35. The fraction of sp³-hybridized carbons (Fsp3) is 0.333. The van der Waals surface area contributed by atoms with E-state index in [0.717, 1.165) is 18.4 Å². The molecule has 1 saturated heterocycles. The van der Waals surface area contributed by atoms with Crippen molar-refractivity contribution < 1.29 is 18.4 Å². The van der Waals surface area contributed by atoms with Crippen LogP contribution in [-0.2, 0) is 16.0 Å².